The topological polar surface area (TPSA) is 98.8 Å². The van der Waals surface area contributed by atoms with E-state index in [1.165, 1.54) is 12.0 Å². The number of pyridine rings is 1. The summed E-state index contributed by atoms with van der Waals surface area (Å²) in [4.78, 5) is 34.4. The van der Waals surface area contributed by atoms with E-state index in [4.69, 9.17) is 4.74 Å². The Hall–Kier alpha value is -3.94. The number of nitrogens with one attached hydrogen (secondary N) is 1. The molecule has 2 aromatic heterocycles. The highest BCUT2D eigenvalue weighted by atomic mass is 16.5. The Morgan fingerprint density at radius 2 is 2.00 bits per heavy atom. The average Bonchev–Trinajstić information content (AvgIpc) is 3.41. The van der Waals surface area contributed by atoms with Crippen LogP contribution >= 0.6 is 0 Å². The van der Waals surface area contributed by atoms with E-state index in [1.54, 1.807) is 61.3 Å². The number of rotatable bonds is 7. The van der Waals surface area contributed by atoms with Crippen LogP contribution < -0.4 is 9.72 Å². The van der Waals surface area contributed by atoms with Crippen molar-refractivity contribution in [2.24, 2.45) is 0 Å². The van der Waals surface area contributed by atoms with Crippen LogP contribution in [0.5, 0.6) is 5.75 Å². The Morgan fingerprint density at radius 1 is 1.19 bits per heavy atom. The van der Waals surface area contributed by atoms with Crippen LogP contribution in [-0.4, -0.2) is 44.9 Å². The van der Waals surface area contributed by atoms with Gasteiger partial charge in [-0.2, -0.15) is 0 Å². The number of amides is 1. The summed E-state index contributed by atoms with van der Waals surface area (Å²) in [5.41, 5.74) is 1.24. The number of ether oxygens (including phenoxy) is 1. The minimum absolute atomic E-state index is 0.0760. The van der Waals surface area contributed by atoms with E-state index in [-0.39, 0.29) is 11.3 Å². The number of benzene rings is 1. The first kappa shape index (κ1) is 20.3. The molecule has 1 unspecified atom stereocenters. The van der Waals surface area contributed by atoms with Gasteiger partial charge < -0.3 is 19.3 Å². The first-order valence-corrected chi connectivity index (χ1v) is 9.94. The maximum Gasteiger partial charge on any atom is 0.295 e. The van der Waals surface area contributed by atoms with E-state index in [0.29, 0.717) is 30.8 Å². The zero-order valence-electron chi connectivity index (χ0n) is 17.1. The second-order valence-corrected chi connectivity index (χ2v) is 7.21. The molecular formula is C23H23N4O4+. The molecule has 158 valence electrons. The largest absolute Gasteiger partial charge is 0.507 e. The molecule has 1 aliphatic heterocycles. The van der Waals surface area contributed by atoms with Crippen molar-refractivity contribution in [2.45, 2.75) is 19.0 Å². The molecule has 2 N–H and O–H groups in total. The van der Waals surface area contributed by atoms with E-state index in [9.17, 15) is 14.7 Å². The predicted octanol–water partition coefficient (Wildman–Crippen LogP) is 2.22. The molecular weight excluding hydrogens is 396 g/mol. The number of aryl methyl sites for hydroxylation is 1. The van der Waals surface area contributed by atoms with Crippen molar-refractivity contribution in [3.05, 3.63) is 84.2 Å². The molecule has 1 aliphatic rings. The number of methoxy groups -OCH3 is 1. The van der Waals surface area contributed by atoms with E-state index in [0.717, 1.165) is 5.56 Å². The van der Waals surface area contributed by atoms with Gasteiger partial charge in [-0.25, -0.2) is 9.97 Å². The van der Waals surface area contributed by atoms with Crippen LogP contribution in [0.3, 0.4) is 0 Å². The van der Waals surface area contributed by atoms with Crippen LogP contribution in [0.4, 0.5) is 0 Å². The fourth-order valence-electron chi connectivity index (χ4n) is 3.81. The number of likely N-dealkylation sites (tertiary alicyclic amines) is 1. The third-order valence-electron chi connectivity index (χ3n) is 5.32. The lowest BCUT2D eigenvalue weighted by Gasteiger charge is -2.25. The van der Waals surface area contributed by atoms with E-state index in [1.807, 2.05) is 10.8 Å². The Balaban J connectivity index is 1.72. The van der Waals surface area contributed by atoms with Crippen LogP contribution in [0.15, 0.2) is 73.1 Å². The highest BCUT2D eigenvalue weighted by molar-refractivity contribution is 6.46. The molecule has 1 saturated heterocycles. The van der Waals surface area contributed by atoms with Gasteiger partial charge in [-0.1, -0.05) is 12.1 Å². The Bertz CT molecular complexity index is 1110. The second kappa shape index (κ2) is 8.83. The van der Waals surface area contributed by atoms with Gasteiger partial charge in [-0.3, -0.25) is 9.59 Å². The molecule has 8 heteroatoms. The fraction of sp³-hybridized carbons (Fsp3) is 0.217. The number of hydrogen-bond donors (Lipinski definition) is 1. The molecule has 1 atom stereocenters. The quantitative estimate of drug-likeness (QED) is 0.360. The SMILES string of the molecule is COc1cccc(C(O)=C2C(=O)C(=O)N(CCCn3ccnc3)C2c2cc[nH+]cc2)c1. The minimum Gasteiger partial charge on any atom is -0.507 e. The summed E-state index contributed by atoms with van der Waals surface area (Å²) in [5, 5.41) is 11.1. The highest BCUT2D eigenvalue weighted by Crippen LogP contribution is 2.39. The molecule has 1 amide bonds. The lowest BCUT2D eigenvalue weighted by atomic mass is 9.96. The molecule has 3 aromatic rings. The van der Waals surface area contributed by atoms with Crippen LogP contribution in [0.2, 0.25) is 0 Å². The van der Waals surface area contributed by atoms with E-state index >= 15 is 0 Å². The zero-order valence-corrected chi connectivity index (χ0v) is 17.1. The fourth-order valence-corrected chi connectivity index (χ4v) is 3.81. The van der Waals surface area contributed by atoms with Gasteiger partial charge in [0.05, 0.1) is 25.1 Å². The maximum atomic E-state index is 13.0. The van der Waals surface area contributed by atoms with Crippen molar-refractivity contribution in [1.29, 1.82) is 0 Å². The van der Waals surface area contributed by atoms with Gasteiger partial charge in [-0.15, -0.1) is 0 Å². The van der Waals surface area contributed by atoms with Gasteiger partial charge >= 0.3 is 0 Å². The van der Waals surface area contributed by atoms with Crippen molar-refractivity contribution in [3.63, 3.8) is 0 Å². The van der Waals surface area contributed by atoms with E-state index in [2.05, 4.69) is 9.97 Å². The molecule has 0 bridgehead atoms. The summed E-state index contributed by atoms with van der Waals surface area (Å²) >= 11 is 0. The summed E-state index contributed by atoms with van der Waals surface area (Å²) in [6, 6.07) is 9.72. The van der Waals surface area contributed by atoms with Crippen molar-refractivity contribution in [1.82, 2.24) is 14.5 Å². The van der Waals surface area contributed by atoms with Gasteiger partial charge in [0.2, 0.25) is 0 Å². The Kier molecular flexibility index (Phi) is 5.79. The van der Waals surface area contributed by atoms with Crippen LogP contribution in [0.1, 0.15) is 23.6 Å². The number of imidazole rings is 1. The molecule has 0 radical (unpaired) electrons. The summed E-state index contributed by atoms with van der Waals surface area (Å²) in [6.07, 6.45) is 9.35. The standard InChI is InChI=1S/C23H22N4O4/c1-31-18-5-2-4-17(14-18)21(28)19-20(16-6-8-24-9-7-16)27(23(30)22(19)29)12-3-11-26-13-10-25-15-26/h2,4-10,13-15,20,28H,3,11-12H2,1H3/p+1. The third kappa shape index (κ3) is 4.05. The third-order valence-corrected chi connectivity index (χ3v) is 5.32. The molecule has 1 fully saturated rings. The monoisotopic (exact) mass is 419 g/mol. The number of aromatic amines is 1. The first-order valence-electron chi connectivity index (χ1n) is 9.94. The first-order chi connectivity index (χ1) is 15.1. The molecule has 8 nitrogen and oxygen atoms in total. The molecule has 1 aromatic carbocycles. The van der Waals surface area contributed by atoms with Gasteiger partial charge in [0.1, 0.15) is 11.5 Å². The van der Waals surface area contributed by atoms with Gasteiger partial charge in [0, 0.05) is 43.2 Å². The zero-order chi connectivity index (χ0) is 21.8. The normalized spacial score (nSPS) is 17.8. The van der Waals surface area contributed by atoms with E-state index < -0.39 is 17.7 Å². The highest BCUT2D eigenvalue weighted by Gasteiger charge is 2.45. The molecule has 3 heterocycles. The molecule has 0 aliphatic carbocycles. The predicted molar refractivity (Wildman–Crippen MR) is 112 cm³/mol. The lowest BCUT2D eigenvalue weighted by molar-refractivity contribution is -0.378. The molecule has 31 heavy (non-hydrogen) atoms. The van der Waals surface area contributed by atoms with Crippen molar-refractivity contribution < 1.29 is 24.4 Å². The number of H-pyrrole nitrogens is 1. The lowest BCUT2D eigenvalue weighted by Crippen LogP contribution is -2.31. The Labute approximate surface area is 179 Å². The number of ketones is 1. The molecule has 0 spiro atoms. The van der Waals surface area contributed by atoms with Gasteiger partial charge in [0.25, 0.3) is 11.7 Å². The summed E-state index contributed by atoms with van der Waals surface area (Å²) in [6.45, 7) is 1.02. The number of aromatic nitrogens is 3. The Morgan fingerprint density at radius 3 is 2.71 bits per heavy atom. The minimum atomic E-state index is -0.694. The second-order valence-electron chi connectivity index (χ2n) is 7.21. The van der Waals surface area contributed by atoms with Crippen LogP contribution in [0, 0.1) is 0 Å². The number of hydrogen-bond acceptors (Lipinski definition) is 5. The smallest absolute Gasteiger partial charge is 0.295 e. The summed E-state index contributed by atoms with van der Waals surface area (Å²) in [5.74, 6) is -0.981. The number of carbonyl (C=O) groups excluding carboxylic acids is 2. The number of carbonyl (C=O) groups is 2. The number of aliphatic hydroxyl groups is 1. The summed E-state index contributed by atoms with van der Waals surface area (Å²) in [7, 11) is 1.53. The van der Waals surface area contributed by atoms with Crippen molar-refractivity contribution in [3.8, 4) is 5.75 Å². The maximum absolute atomic E-state index is 13.0. The van der Waals surface area contributed by atoms with Crippen LogP contribution in [-0.2, 0) is 16.1 Å². The number of Topliss-reactive ketones (excluding diaryl/α,β-unsaturated/α-hetero) is 1. The van der Waals surface area contributed by atoms with Crippen LogP contribution in [0.25, 0.3) is 5.76 Å². The summed E-state index contributed by atoms with van der Waals surface area (Å²) < 4.78 is 7.15. The van der Waals surface area contributed by atoms with Gasteiger partial charge in [0.15, 0.2) is 12.4 Å². The molecule has 4 rings (SSSR count). The number of nitrogens with zero attached hydrogens (tertiary/aromatic N) is 3. The van der Waals surface area contributed by atoms with Crippen molar-refractivity contribution >= 4 is 17.4 Å². The van der Waals surface area contributed by atoms with Crippen molar-refractivity contribution in [2.75, 3.05) is 13.7 Å². The number of aliphatic hydroxyl groups excluding tert-OH is 1. The van der Waals surface area contributed by atoms with Gasteiger partial charge in [-0.05, 0) is 24.1 Å². The average molecular weight is 419 g/mol. The molecule has 0 saturated carbocycles.